The smallest absolute Gasteiger partial charge is 0.0675 e. The van der Waals surface area contributed by atoms with E-state index in [2.05, 4.69) is 80.1 Å². The first-order chi connectivity index (χ1) is 12.6. The van der Waals surface area contributed by atoms with Crippen LogP contribution in [0.4, 0.5) is 0 Å². The predicted molar refractivity (Wildman–Crippen MR) is 112 cm³/mol. The van der Waals surface area contributed by atoms with E-state index >= 15 is 0 Å². The summed E-state index contributed by atoms with van der Waals surface area (Å²) in [6.45, 7) is 10.4. The van der Waals surface area contributed by atoms with Crippen molar-refractivity contribution in [2.75, 3.05) is 0 Å². The topological polar surface area (TPSA) is 17.8 Å². The van der Waals surface area contributed by atoms with E-state index in [0.717, 1.165) is 24.2 Å². The van der Waals surface area contributed by atoms with Gasteiger partial charge in [0.25, 0.3) is 0 Å². The lowest BCUT2D eigenvalue weighted by Crippen LogP contribution is -1.98. The third-order valence-electron chi connectivity index (χ3n) is 4.47. The van der Waals surface area contributed by atoms with Crippen LogP contribution < -0.4 is 0 Å². The Balaban J connectivity index is 1.86. The average molecular weight is 342 g/mol. The lowest BCUT2D eigenvalue weighted by atomic mass is 10.00. The van der Waals surface area contributed by atoms with Crippen molar-refractivity contribution in [3.63, 3.8) is 0 Å². The van der Waals surface area contributed by atoms with Gasteiger partial charge in [-0.25, -0.2) is 4.68 Å². The molecule has 0 saturated heterocycles. The van der Waals surface area contributed by atoms with E-state index in [1.165, 1.54) is 27.8 Å². The number of allylic oxidation sites excluding steroid dienone is 2. The van der Waals surface area contributed by atoms with Crippen molar-refractivity contribution in [2.45, 2.75) is 33.6 Å². The van der Waals surface area contributed by atoms with Crippen molar-refractivity contribution in [3.05, 3.63) is 89.8 Å². The fraction of sp³-hybridized carbons (Fsp3) is 0.208. The molecule has 0 atom stereocenters. The molecule has 0 radical (unpaired) electrons. The zero-order valence-electron chi connectivity index (χ0n) is 15.9. The second kappa shape index (κ2) is 8.01. The number of benzene rings is 2. The molecule has 1 heterocycles. The van der Waals surface area contributed by atoms with Crippen molar-refractivity contribution in [1.82, 2.24) is 9.78 Å². The summed E-state index contributed by atoms with van der Waals surface area (Å²) in [6.07, 6.45) is 8.45. The van der Waals surface area contributed by atoms with Crippen LogP contribution in [0.2, 0.25) is 0 Å². The van der Waals surface area contributed by atoms with Gasteiger partial charge in [0.05, 0.1) is 11.4 Å². The summed E-state index contributed by atoms with van der Waals surface area (Å²) in [4.78, 5) is 0. The second-order valence-corrected chi connectivity index (χ2v) is 6.77. The second-order valence-electron chi connectivity index (χ2n) is 6.77. The first kappa shape index (κ1) is 17.9. The molecule has 2 nitrogen and oxygen atoms in total. The van der Waals surface area contributed by atoms with Gasteiger partial charge in [-0.3, -0.25) is 0 Å². The summed E-state index contributed by atoms with van der Waals surface area (Å²) in [5.41, 5.74) is 8.17. The molecule has 0 unspecified atom stereocenters. The van der Waals surface area contributed by atoms with Crippen molar-refractivity contribution < 1.29 is 0 Å². The van der Waals surface area contributed by atoms with Crippen LogP contribution in [0.1, 0.15) is 36.6 Å². The Hall–Kier alpha value is -2.87. The third kappa shape index (κ3) is 4.20. The normalized spacial score (nSPS) is 11.2. The monoisotopic (exact) mass is 342 g/mol. The van der Waals surface area contributed by atoms with Crippen LogP contribution in [-0.2, 0) is 0 Å². The molecule has 2 aromatic carbocycles. The Kier molecular flexibility index (Phi) is 5.52. The molecule has 0 saturated carbocycles. The van der Waals surface area contributed by atoms with Crippen LogP contribution in [0.25, 0.3) is 22.9 Å². The van der Waals surface area contributed by atoms with Crippen LogP contribution in [0.3, 0.4) is 0 Å². The van der Waals surface area contributed by atoms with Gasteiger partial charge in [0.1, 0.15) is 0 Å². The maximum Gasteiger partial charge on any atom is 0.0675 e. The number of aromatic nitrogens is 2. The maximum atomic E-state index is 4.51. The number of hydrogen-bond donors (Lipinski definition) is 0. The van der Waals surface area contributed by atoms with Crippen molar-refractivity contribution in [3.8, 4) is 16.8 Å². The molecule has 0 aliphatic heterocycles. The molecule has 0 N–H and O–H groups in total. The summed E-state index contributed by atoms with van der Waals surface area (Å²) in [5.74, 6) is 0. The number of nitrogens with zero attached hydrogens (tertiary/aromatic N) is 2. The summed E-state index contributed by atoms with van der Waals surface area (Å²) in [5, 5.41) is 4.51. The average Bonchev–Trinajstić information content (AvgIpc) is 3.06. The van der Waals surface area contributed by atoms with Gasteiger partial charge in [-0.15, -0.1) is 0 Å². The highest BCUT2D eigenvalue weighted by Gasteiger charge is 2.05. The Bertz CT molecular complexity index is 944. The molecule has 3 aromatic rings. The first-order valence-electron chi connectivity index (χ1n) is 9.16. The fourth-order valence-electron chi connectivity index (χ4n) is 3.08. The zero-order valence-corrected chi connectivity index (χ0v) is 15.9. The largest absolute Gasteiger partial charge is 0.240 e. The standard InChI is InChI=1S/C24H26N2/c1-5-7-18(2)10-11-21-8-6-9-22(17-21)23-12-13-24(19(3)16-23)26-15-14-20(4)25-26/h6,8-17H,2,5,7H2,1,3-4H3/b11-10+. The molecular formula is C24H26N2. The lowest BCUT2D eigenvalue weighted by molar-refractivity contribution is 0.856. The number of rotatable bonds is 6. The molecule has 0 aliphatic rings. The van der Waals surface area contributed by atoms with Crippen molar-refractivity contribution >= 4 is 6.08 Å². The minimum atomic E-state index is 1.03. The molecule has 0 amide bonds. The van der Waals surface area contributed by atoms with Crippen LogP contribution in [-0.4, -0.2) is 9.78 Å². The van der Waals surface area contributed by atoms with E-state index in [4.69, 9.17) is 0 Å². The van der Waals surface area contributed by atoms with E-state index in [0.29, 0.717) is 0 Å². The highest BCUT2D eigenvalue weighted by atomic mass is 15.3. The Labute approximate surface area is 156 Å². The summed E-state index contributed by atoms with van der Waals surface area (Å²) >= 11 is 0. The molecule has 3 rings (SSSR count). The van der Waals surface area contributed by atoms with E-state index < -0.39 is 0 Å². The quantitative estimate of drug-likeness (QED) is 0.466. The van der Waals surface area contributed by atoms with Gasteiger partial charge in [0, 0.05) is 6.20 Å². The SMILES string of the molecule is C=C(/C=C/c1cccc(-c2ccc(-n3ccc(C)n3)c(C)c2)c1)CCC. The third-order valence-corrected chi connectivity index (χ3v) is 4.47. The lowest BCUT2D eigenvalue weighted by Gasteiger charge is -2.10. The van der Waals surface area contributed by atoms with Gasteiger partial charge in [-0.05, 0) is 66.8 Å². The van der Waals surface area contributed by atoms with E-state index in [9.17, 15) is 0 Å². The molecule has 0 fully saturated rings. The minimum Gasteiger partial charge on any atom is -0.240 e. The van der Waals surface area contributed by atoms with E-state index in [1.807, 2.05) is 23.9 Å². The van der Waals surface area contributed by atoms with Gasteiger partial charge in [0.2, 0.25) is 0 Å². The molecule has 26 heavy (non-hydrogen) atoms. The molecule has 0 bridgehead atoms. The van der Waals surface area contributed by atoms with Crippen LogP contribution in [0.15, 0.2) is 73.0 Å². The summed E-state index contributed by atoms with van der Waals surface area (Å²) in [7, 11) is 0. The Morgan fingerprint density at radius 1 is 1.08 bits per heavy atom. The van der Waals surface area contributed by atoms with Crippen LogP contribution >= 0.6 is 0 Å². The van der Waals surface area contributed by atoms with E-state index in [-0.39, 0.29) is 0 Å². The van der Waals surface area contributed by atoms with Crippen LogP contribution in [0, 0.1) is 13.8 Å². The predicted octanol–water partition coefficient (Wildman–Crippen LogP) is 6.53. The van der Waals surface area contributed by atoms with Gasteiger partial charge >= 0.3 is 0 Å². The van der Waals surface area contributed by atoms with Crippen molar-refractivity contribution in [2.24, 2.45) is 0 Å². The Morgan fingerprint density at radius 3 is 2.58 bits per heavy atom. The number of hydrogen-bond acceptors (Lipinski definition) is 1. The molecule has 1 aromatic heterocycles. The molecule has 132 valence electrons. The number of aryl methyl sites for hydroxylation is 2. The molecule has 0 aliphatic carbocycles. The van der Waals surface area contributed by atoms with Crippen LogP contribution in [0.5, 0.6) is 0 Å². The summed E-state index contributed by atoms with van der Waals surface area (Å²) < 4.78 is 1.94. The zero-order chi connectivity index (χ0) is 18.5. The highest BCUT2D eigenvalue weighted by molar-refractivity contribution is 5.69. The van der Waals surface area contributed by atoms with E-state index in [1.54, 1.807) is 0 Å². The van der Waals surface area contributed by atoms with Gasteiger partial charge in [-0.1, -0.05) is 61.9 Å². The fourth-order valence-corrected chi connectivity index (χ4v) is 3.08. The highest BCUT2D eigenvalue weighted by Crippen LogP contribution is 2.25. The first-order valence-corrected chi connectivity index (χ1v) is 9.16. The molecule has 0 spiro atoms. The minimum absolute atomic E-state index is 1.03. The van der Waals surface area contributed by atoms with Crippen molar-refractivity contribution in [1.29, 1.82) is 0 Å². The Morgan fingerprint density at radius 2 is 1.88 bits per heavy atom. The molecular weight excluding hydrogens is 316 g/mol. The van der Waals surface area contributed by atoms with Gasteiger partial charge in [-0.2, -0.15) is 5.10 Å². The van der Waals surface area contributed by atoms with Gasteiger partial charge in [0.15, 0.2) is 0 Å². The molecule has 2 heteroatoms. The van der Waals surface area contributed by atoms with Gasteiger partial charge < -0.3 is 0 Å². The maximum absolute atomic E-state index is 4.51. The summed E-state index contributed by atoms with van der Waals surface area (Å²) in [6, 6.07) is 17.2.